The van der Waals surface area contributed by atoms with Crippen molar-refractivity contribution in [2.24, 2.45) is 5.73 Å². The topological polar surface area (TPSA) is 84.2 Å². The molecule has 6 heteroatoms. The van der Waals surface area contributed by atoms with E-state index in [1.807, 2.05) is 32.0 Å². The quantitative estimate of drug-likeness (QED) is 0.704. The van der Waals surface area contributed by atoms with E-state index in [-0.39, 0.29) is 13.1 Å². The van der Waals surface area contributed by atoms with Crippen molar-refractivity contribution in [3.63, 3.8) is 0 Å². The minimum atomic E-state index is -3.52. The van der Waals surface area contributed by atoms with Gasteiger partial charge in [-0.05, 0) is 25.0 Å². The summed E-state index contributed by atoms with van der Waals surface area (Å²) in [7, 11) is -3.52. The van der Waals surface area contributed by atoms with Gasteiger partial charge in [0, 0.05) is 13.1 Å². The molecule has 0 aliphatic rings. The smallest absolute Gasteiger partial charge is 0.299 e. The fourth-order valence-corrected chi connectivity index (χ4v) is 2.39. The minimum absolute atomic E-state index is 0.222. The van der Waals surface area contributed by atoms with E-state index < -0.39 is 10.2 Å². The number of anilines is 1. The summed E-state index contributed by atoms with van der Waals surface area (Å²) in [4.78, 5) is 0. The Morgan fingerprint density at radius 2 is 1.81 bits per heavy atom. The summed E-state index contributed by atoms with van der Waals surface area (Å²) in [5, 5.41) is 0. The lowest BCUT2D eigenvalue weighted by atomic mass is 10.1. The second-order valence-electron chi connectivity index (χ2n) is 3.56. The molecule has 16 heavy (non-hydrogen) atoms. The molecule has 0 saturated heterocycles. The zero-order valence-electron chi connectivity index (χ0n) is 9.45. The van der Waals surface area contributed by atoms with Crippen molar-refractivity contribution in [2.75, 3.05) is 17.8 Å². The normalized spacial score (nSPS) is 11.4. The molecule has 0 aromatic heterocycles. The van der Waals surface area contributed by atoms with Crippen LogP contribution >= 0.6 is 0 Å². The fraction of sp³-hybridized carbons (Fsp3) is 0.400. The highest BCUT2D eigenvalue weighted by molar-refractivity contribution is 7.90. The zero-order valence-corrected chi connectivity index (χ0v) is 10.3. The van der Waals surface area contributed by atoms with Gasteiger partial charge in [-0.3, -0.25) is 4.72 Å². The number of hydrogen-bond donors (Lipinski definition) is 3. The number of nitrogens with one attached hydrogen (secondary N) is 2. The van der Waals surface area contributed by atoms with Crippen molar-refractivity contribution in [3.05, 3.63) is 29.3 Å². The summed E-state index contributed by atoms with van der Waals surface area (Å²) in [5.74, 6) is 0. The zero-order chi connectivity index (χ0) is 12.2. The summed E-state index contributed by atoms with van der Waals surface area (Å²) in [6, 6.07) is 5.59. The van der Waals surface area contributed by atoms with Gasteiger partial charge in [-0.25, -0.2) is 0 Å². The van der Waals surface area contributed by atoms with Crippen LogP contribution in [-0.4, -0.2) is 21.5 Å². The molecule has 0 aliphatic heterocycles. The molecule has 5 nitrogen and oxygen atoms in total. The molecular weight excluding hydrogens is 226 g/mol. The van der Waals surface area contributed by atoms with Gasteiger partial charge in [-0.15, -0.1) is 0 Å². The number of nitrogens with two attached hydrogens (primary N) is 1. The average Bonchev–Trinajstić information content (AvgIpc) is 2.21. The molecule has 1 aromatic carbocycles. The molecule has 1 aromatic rings. The third kappa shape index (κ3) is 3.48. The standard InChI is InChI=1S/C10H17N3O2S/c1-8-4-3-5-9(2)10(8)13-16(14,15)12-7-6-11/h3-5,12-13H,6-7,11H2,1-2H3. The first-order valence-corrected chi connectivity index (χ1v) is 6.48. The maximum atomic E-state index is 11.6. The van der Waals surface area contributed by atoms with Crippen LogP contribution in [0.1, 0.15) is 11.1 Å². The Bertz CT molecular complexity index is 437. The molecule has 0 amide bonds. The Morgan fingerprint density at radius 1 is 1.25 bits per heavy atom. The highest BCUT2D eigenvalue weighted by Gasteiger charge is 2.11. The van der Waals surface area contributed by atoms with Gasteiger partial charge in [0.1, 0.15) is 0 Å². The van der Waals surface area contributed by atoms with Gasteiger partial charge >= 0.3 is 0 Å². The molecule has 4 N–H and O–H groups in total. The first-order chi connectivity index (χ1) is 7.46. The molecule has 0 unspecified atom stereocenters. The van der Waals surface area contributed by atoms with Crippen LogP contribution in [0.2, 0.25) is 0 Å². The highest BCUT2D eigenvalue weighted by Crippen LogP contribution is 2.20. The first kappa shape index (κ1) is 13.0. The maximum Gasteiger partial charge on any atom is 0.299 e. The number of para-hydroxylation sites is 1. The van der Waals surface area contributed by atoms with Gasteiger partial charge in [0.05, 0.1) is 5.69 Å². The Hall–Kier alpha value is -1.11. The first-order valence-electron chi connectivity index (χ1n) is 5.00. The second kappa shape index (κ2) is 5.29. The van der Waals surface area contributed by atoms with E-state index in [2.05, 4.69) is 9.44 Å². The second-order valence-corrected chi connectivity index (χ2v) is 5.05. The summed E-state index contributed by atoms with van der Waals surface area (Å²) in [5.41, 5.74) is 7.63. The van der Waals surface area contributed by atoms with Crippen LogP contribution in [0.3, 0.4) is 0 Å². The van der Waals surface area contributed by atoms with Crippen LogP contribution in [0.4, 0.5) is 5.69 Å². The molecule has 0 spiro atoms. The molecule has 1 rings (SSSR count). The summed E-state index contributed by atoms with van der Waals surface area (Å²) < 4.78 is 28.0. The van der Waals surface area contributed by atoms with E-state index in [0.717, 1.165) is 11.1 Å². The molecule has 0 aliphatic carbocycles. The van der Waals surface area contributed by atoms with Crippen LogP contribution in [0.25, 0.3) is 0 Å². The minimum Gasteiger partial charge on any atom is -0.329 e. The van der Waals surface area contributed by atoms with Gasteiger partial charge in [0.2, 0.25) is 0 Å². The molecule has 0 bridgehead atoms. The molecule has 0 heterocycles. The number of benzene rings is 1. The Balaban J connectivity index is 2.88. The van der Waals surface area contributed by atoms with E-state index >= 15 is 0 Å². The lowest BCUT2D eigenvalue weighted by molar-refractivity contribution is 0.587. The van der Waals surface area contributed by atoms with Gasteiger partial charge < -0.3 is 5.73 Å². The van der Waals surface area contributed by atoms with Crippen molar-refractivity contribution < 1.29 is 8.42 Å². The van der Waals surface area contributed by atoms with Crippen LogP contribution in [0.15, 0.2) is 18.2 Å². The molecule has 90 valence electrons. The van der Waals surface area contributed by atoms with Gasteiger partial charge in [-0.1, -0.05) is 18.2 Å². The monoisotopic (exact) mass is 243 g/mol. The van der Waals surface area contributed by atoms with Crippen molar-refractivity contribution in [3.8, 4) is 0 Å². The predicted octanol–water partition coefficient (Wildman–Crippen LogP) is 0.508. The van der Waals surface area contributed by atoms with Gasteiger partial charge in [-0.2, -0.15) is 13.1 Å². The maximum absolute atomic E-state index is 11.6. The van der Waals surface area contributed by atoms with Crippen molar-refractivity contribution in [1.82, 2.24) is 4.72 Å². The van der Waals surface area contributed by atoms with Crippen LogP contribution in [-0.2, 0) is 10.2 Å². The Kier molecular flexibility index (Phi) is 4.28. The molecule has 0 fully saturated rings. The summed E-state index contributed by atoms with van der Waals surface area (Å²) in [6.45, 7) is 4.20. The van der Waals surface area contributed by atoms with Gasteiger partial charge in [0.25, 0.3) is 10.2 Å². The largest absolute Gasteiger partial charge is 0.329 e. The van der Waals surface area contributed by atoms with Crippen molar-refractivity contribution in [1.29, 1.82) is 0 Å². The van der Waals surface area contributed by atoms with Crippen molar-refractivity contribution >= 4 is 15.9 Å². The molecule has 0 radical (unpaired) electrons. The van der Waals surface area contributed by atoms with Crippen LogP contribution in [0.5, 0.6) is 0 Å². The van der Waals surface area contributed by atoms with Crippen LogP contribution < -0.4 is 15.2 Å². The Morgan fingerprint density at radius 3 is 2.31 bits per heavy atom. The summed E-state index contributed by atoms with van der Waals surface area (Å²) >= 11 is 0. The van der Waals surface area contributed by atoms with E-state index in [4.69, 9.17) is 5.73 Å². The third-order valence-corrected chi connectivity index (χ3v) is 3.21. The van der Waals surface area contributed by atoms with E-state index in [1.165, 1.54) is 0 Å². The average molecular weight is 243 g/mol. The molecular formula is C10H17N3O2S. The van der Waals surface area contributed by atoms with Crippen LogP contribution in [0, 0.1) is 13.8 Å². The number of rotatable bonds is 5. The summed E-state index contributed by atoms with van der Waals surface area (Å²) in [6.07, 6.45) is 0. The molecule has 0 saturated carbocycles. The van der Waals surface area contributed by atoms with E-state index in [0.29, 0.717) is 5.69 Å². The number of hydrogen-bond acceptors (Lipinski definition) is 3. The van der Waals surface area contributed by atoms with E-state index in [1.54, 1.807) is 0 Å². The highest BCUT2D eigenvalue weighted by atomic mass is 32.2. The number of aryl methyl sites for hydroxylation is 2. The lowest BCUT2D eigenvalue weighted by Crippen LogP contribution is -2.34. The van der Waals surface area contributed by atoms with E-state index in [9.17, 15) is 8.42 Å². The van der Waals surface area contributed by atoms with Crippen molar-refractivity contribution in [2.45, 2.75) is 13.8 Å². The predicted molar refractivity (Wildman–Crippen MR) is 65.5 cm³/mol. The van der Waals surface area contributed by atoms with Gasteiger partial charge in [0.15, 0.2) is 0 Å². The lowest BCUT2D eigenvalue weighted by Gasteiger charge is -2.13. The SMILES string of the molecule is Cc1cccc(C)c1NS(=O)(=O)NCCN. The Labute approximate surface area is 96.2 Å². The molecule has 0 atom stereocenters. The third-order valence-electron chi connectivity index (χ3n) is 2.15. The fourth-order valence-electron chi connectivity index (χ4n) is 1.34.